The minimum atomic E-state index is -0.513. The summed E-state index contributed by atoms with van der Waals surface area (Å²) in [4.78, 5) is 1.95. The van der Waals surface area contributed by atoms with Gasteiger partial charge in [0.2, 0.25) is 0 Å². The van der Waals surface area contributed by atoms with Gasteiger partial charge in [-0.3, -0.25) is 0 Å². The van der Waals surface area contributed by atoms with Crippen LogP contribution in [0.2, 0.25) is 0 Å². The second-order valence-corrected chi connectivity index (χ2v) is 4.66. The number of nitriles is 1. The molecule has 1 rings (SSSR count). The fourth-order valence-corrected chi connectivity index (χ4v) is 1.86. The maximum absolute atomic E-state index is 9.97. The van der Waals surface area contributed by atoms with E-state index in [9.17, 15) is 5.11 Å². The Hall–Kier alpha value is -0.890. The Morgan fingerprint density at radius 3 is 2.94 bits per heavy atom. The number of hydrogen-bond donors (Lipinski definition) is 1. The highest BCUT2D eigenvalue weighted by Gasteiger charge is 2.10. The van der Waals surface area contributed by atoms with Crippen LogP contribution in [0.5, 0.6) is 0 Å². The molecule has 0 heterocycles. The molecule has 0 saturated carbocycles. The second kappa shape index (κ2) is 6.64. The molecule has 1 N–H and O–H groups in total. The van der Waals surface area contributed by atoms with E-state index < -0.39 is 6.10 Å². The molecule has 0 aromatic heterocycles. The lowest BCUT2D eigenvalue weighted by molar-refractivity contribution is 0.128. The van der Waals surface area contributed by atoms with Gasteiger partial charge in [-0.2, -0.15) is 5.26 Å². The predicted octanol–water partition coefficient (Wildman–Crippen LogP) is 2.33. The summed E-state index contributed by atoms with van der Waals surface area (Å²) < 4.78 is 0.962. The average Bonchev–Trinajstić information content (AvgIpc) is 2.26. The Balaban J connectivity index is 2.52. The zero-order chi connectivity index (χ0) is 12.0. The first-order valence-corrected chi connectivity index (χ1v) is 5.92. The SMILES string of the molecule is CN(CCC#N)CC(O)c1cccc(Br)c1. The molecule has 86 valence electrons. The number of nitrogens with zero attached hydrogens (tertiary/aromatic N) is 2. The van der Waals surface area contributed by atoms with Crippen molar-refractivity contribution in [2.45, 2.75) is 12.5 Å². The molecular weight excluding hydrogens is 268 g/mol. The lowest BCUT2D eigenvalue weighted by Crippen LogP contribution is -2.25. The summed E-state index contributed by atoms with van der Waals surface area (Å²) in [7, 11) is 1.90. The lowest BCUT2D eigenvalue weighted by Gasteiger charge is -2.19. The van der Waals surface area contributed by atoms with Crippen molar-refractivity contribution in [2.24, 2.45) is 0 Å². The maximum Gasteiger partial charge on any atom is 0.0917 e. The van der Waals surface area contributed by atoms with Gasteiger partial charge in [0.25, 0.3) is 0 Å². The van der Waals surface area contributed by atoms with Crippen molar-refractivity contribution in [1.82, 2.24) is 4.90 Å². The first-order chi connectivity index (χ1) is 7.63. The van der Waals surface area contributed by atoms with Crippen LogP contribution in [0.15, 0.2) is 28.7 Å². The number of benzene rings is 1. The molecule has 0 aliphatic carbocycles. The number of halogens is 1. The third kappa shape index (κ3) is 4.31. The molecule has 3 nitrogen and oxygen atoms in total. The highest BCUT2D eigenvalue weighted by Crippen LogP contribution is 2.18. The topological polar surface area (TPSA) is 47.3 Å². The second-order valence-electron chi connectivity index (χ2n) is 3.74. The quantitative estimate of drug-likeness (QED) is 0.902. The van der Waals surface area contributed by atoms with Gasteiger partial charge in [0, 0.05) is 24.0 Å². The van der Waals surface area contributed by atoms with Crippen molar-refractivity contribution in [2.75, 3.05) is 20.1 Å². The molecule has 0 bridgehead atoms. The van der Waals surface area contributed by atoms with Gasteiger partial charge in [-0.05, 0) is 24.7 Å². The number of aliphatic hydroxyl groups excluding tert-OH is 1. The van der Waals surface area contributed by atoms with Crippen LogP contribution in [0, 0.1) is 11.3 Å². The summed E-state index contributed by atoms with van der Waals surface area (Å²) in [5.74, 6) is 0. The van der Waals surface area contributed by atoms with E-state index in [-0.39, 0.29) is 0 Å². The van der Waals surface area contributed by atoms with Gasteiger partial charge in [-0.15, -0.1) is 0 Å². The molecule has 4 heteroatoms. The van der Waals surface area contributed by atoms with Crippen LogP contribution in [0.1, 0.15) is 18.1 Å². The maximum atomic E-state index is 9.97. The molecule has 0 fully saturated rings. The molecular formula is C12H15BrN2O. The summed E-state index contributed by atoms with van der Waals surface area (Å²) in [6.45, 7) is 1.22. The Labute approximate surface area is 104 Å². The molecule has 1 aromatic rings. The molecule has 1 atom stereocenters. The van der Waals surface area contributed by atoms with Crippen molar-refractivity contribution in [1.29, 1.82) is 5.26 Å². The molecule has 0 saturated heterocycles. The molecule has 1 aromatic carbocycles. The fraction of sp³-hybridized carbons (Fsp3) is 0.417. The van der Waals surface area contributed by atoms with Gasteiger partial charge in [0.05, 0.1) is 12.2 Å². The van der Waals surface area contributed by atoms with Crippen molar-refractivity contribution >= 4 is 15.9 Å². The molecule has 0 amide bonds. The summed E-state index contributed by atoms with van der Waals surface area (Å²) in [5, 5.41) is 18.4. The average molecular weight is 283 g/mol. The first kappa shape index (κ1) is 13.2. The van der Waals surface area contributed by atoms with Crippen molar-refractivity contribution in [3.05, 3.63) is 34.3 Å². The van der Waals surface area contributed by atoms with Crippen molar-refractivity contribution in [3.63, 3.8) is 0 Å². The summed E-state index contributed by atoms with van der Waals surface area (Å²) in [6.07, 6.45) is -0.0250. The van der Waals surface area contributed by atoms with Crippen LogP contribution in [0.4, 0.5) is 0 Å². The lowest BCUT2D eigenvalue weighted by atomic mass is 10.1. The standard InChI is InChI=1S/C12H15BrN2O/c1-15(7-3-6-14)9-12(16)10-4-2-5-11(13)8-10/h2,4-5,8,12,16H,3,7,9H2,1H3. The molecule has 0 aliphatic rings. The van der Waals surface area contributed by atoms with Gasteiger partial charge < -0.3 is 10.0 Å². The minimum absolute atomic E-state index is 0.488. The van der Waals surface area contributed by atoms with Crippen LogP contribution in [-0.4, -0.2) is 30.1 Å². The smallest absolute Gasteiger partial charge is 0.0917 e. The van der Waals surface area contributed by atoms with E-state index in [0.717, 1.165) is 10.0 Å². The summed E-state index contributed by atoms with van der Waals surface area (Å²) in [6, 6.07) is 9.72. The van der Waals surface area contributed by atoms with Gasteiger partial charge in [0.1, 0.15) is 0 Å². The summed E-state index contributed by atoms with van der Waals surface area (Å²) in [5.41, 5.74) is 0.887. The fourth-order valence-electron chi connectivity index (χ4n) is 1.45. The zero-order valence-corrected chi connectivity index (χ0v) is 10.8. The number of aliphatic hydroxyl groups is 1. The van der Waals surface area contributed by atoms with E-state index in [1.165, 1.54) is 0 Å². The van der Waals surface area contributed by atoms with Crippen molar-refractivity contribution < 1.29 is 5.11 Å². The van der Waals surface area contributed by atoms with Crippen LogP contribution in [0.3, 0.4) is 0 Å². The minimum Gasteiger partial charge on any atom is -0.387 e. The third-order valence-electron chi connectivity index (χ3n) is 2.32. The molecule has 0 radical (unpaired) electrons. The molecule has 0 spiro atoms. The Bertz CT molecular complexity index is 376. The molecule has 16 heavy (non-hydrogen) atoms. The first-order valence-electron chi connectivity index (χ1n) is 5.12. The number of rotatable bonds is 5. The van der Waals surface area contributed by atoms with Crippen LogP contribution < -0.4 is 0 Å². The molecule has 0 aliphatic heterocycles. The van der Waals surface area contributed by atoms with E-state index in [1.54, 1.807) is 0 Å². The van der Waals surface area contributed by atoms with Crippen LogP contribution >= 0.6 is 15.9 Å². The molecule has 1 unspecified atom stereocenters. The highest BCUT2D eigenvalue weighted by molar-refractivity contribution is 9.10. The Morgan fingerprint density at radius 2 is 2.31 bits per heavy atom. The van der Waals surface area contributed by atoms with Crippen LogP contribution in [-0.2, 0) is 0 Å². The van der Waals surface area contributed by atoms with E-state index in [4.69, 9.17) is 5.26 Å². The van der Waals surface area contributed by atoms with Gasteiger partial charge in [-0.1, -0.05) is 28.1 Å². The van der Waals surface area contributed by atoms with Crippen LogP contribution in [0.25, 0.3) is 0 Å². The summed E-state index contributed by atoms with van der Waals surface area (Å²) >= 11 is 3.37. The Morgan fingerprint density at radius 1 is 1.56 bits per heavy atom. The number of likely N-dealkylation sites (N-methyl/N-ethyl adjacent to an activating group) is 1. The predicted molar refractivity (Wildman–Crippen MR) is 66.8 cm³/mol. The monoisotopic (exact) mass is 282 g/mol. The van der Waals surface area contributed by atoms with Gasteiger partial charge >= 0.3 is 0 Å². The van der Waals surface area contributed by atoms with E-state index in [0.29, 0.717) is 19.5 Å². The third-order valence-corrected chi connectivity index (χ3v) is 2.82. The Kier molecular flexibility index (Phi) is 5.47. The largest absolute Gasteiger partial charge is 0.387 e. The highest BCUT2D eigenvalue weighted by atomic mass is 79.9. The van der Waals surface area contributed by atoms with Gasteiger partial charge in [0.15, 0.2) is 0 Å². The van der Waals surface area contributed by atoms with E-state index in [1.807, 2.05) is 36.2 Å². The van der Waals surface area contributed by atoms with Crippen molar-refractivity contribution in [3.8, 4) is 6.07 Å². The van der Waals surface area contributed by atoms with Gasteiger partial charge in [-0.25, -0.2) is 0 Å². The van der Waals surface area contributed by atoms with E-state index >= 15 is 0 Å². The van der Waals surface area contributed by atoms with E-state index in [2.05, 4.69) is 22.0 Å². The normalized spacial score (nSPS) is 12.4. The number of hydrogen-bond acceptors (Lipinski definition) is 3. The zero-order valence-electron chi connectivity index (χ0n) is 9.23.